The lowest BCUT2D eigenvalue weighted by atomic mass is 9.69. The minimum absolute atomic E-state index is 0.0824. The van der Waals surface area contributed by atoms with Crippen LogP contribution >= 0.6 is 15.9 Å². The number of carbonyl (C=O) groups excluding carboxylic acids is 1. The second-order valence-electron chi connectivity index (χ2n) is 9.39. The quantitative estimate of drug-likeness (QED) is 0.720. The highest BCUT2D eigenvalue weighted by atomic mass is 79.9. The van der Waals surface area contributed by atoms with Crippen molar-refractivity contribution in [2.24, 2.45) is 16.7 Å². The van der Waals surface area contributed by atoms with Gasteiger partial charge in [0.2, 0.25) is 10.0 Å². The molecule has 4 rings (SSSR count). The third-order valence-electron chi connectivity index (χ3n) is 7.98. The third-order valence-corrected chi connectivity index (χ3v) is 10.6. The van der Waals surface area contributed by atoms with Crippen LogP contribution in [0.25, 0.3) is 0 Å². The Morgan fingerprint density at radius 2 is 1.89 bits per heavy atom. The van der Waals surface area contributed by atoms with Crippen molar-refractivity contribution >= 4 is 31.9 Å². The maximum Gasteiger partial charge on any atom is 0.252 e. The Balaban J connectivity index is 1.59. The van der Waals surface area contributed by atoms with Crippen molar-refractivity contribution in [3.05, 3.63) is 28.2 Å². The molecule has 0 spiro atoms. The first kappa shape index (κ1) is 20.4. The lowest BCUT2D eigenvalue weighted by molar-refractivity contribution is 0.0825. The third kappa shape index (κ3) is 2.96. The summed E-state index contributed by atoms with van der Waals surface area (Å²) in [6, 6.07) is 4.90. The van der Waals surface area contributed by atoms with E-state index in [9.17, 15) is 13.2 Å². The van der Waals surface area contributed by atoms with Crippen LogP contribution in [0.1, 0.15) is 63.2 Å². The van der Waals surface area contributed by atoms with E-state index in [1.54, 1.807) is 12.1 Å². The zero-order valence-corrected chi connectivity index (χ0v) is 19.2. The van der Waals surface area contributed by atoms with Gasteiger partial charge in [0, 0.05) is 23.6 Å². The van der Waals surface area contributed by atoms with E-state index in [2.05, 4.69) is 42.0 Å². The fourth-order valence-electron chi connectivity index (χ4n) is 5.57. The van der Waals surface area contributed by atoms with Crippen molar-refractivity contribution in [3.63, 3.8) is 0 Å². The number of nitrogens with zero attached hydrogens (tertiary/aromatic N) is 1. The van der Waals surface area contributed by atoms with Crippen LogP contribution in [0.5, 0.6) is 0 Å². The molecular formula is C21H29BrN2O3S. The standard InChI is InChI=1S/C21H29BrN2O3S/c1-20(2)14-8-9-21(20,3)18(12-14)23-19(25)16-13-15(6-7-17(16)22)28(26,27)24-10-4-5-11-24/h6-7,13-14,18H,4-5,8-12H2,1-3H3,(H,23,25). The summed E-state index contributed by atoms with van der Waals surface area (Å²) in [6.07, 6.45) is 5.13. The van der Waals surface area contributed by atoms with E-state index in [-0.39, 0.29) is 27.7 Å². The number of fused-ring (bicyclic) bond motifs is 2. The van der Waals surface area contributed by atoms with E-state index < -0.39 is 10.0 Å². The first-order valence-electron chi connectivity index (χ1n) is 10.2. The molecule has 1 heterocycles. The van der Waals surface area contributed by atoms with Gasteiger partial charge in [0.1, 0.15) is 0 Å². The molecule has 5 nitrogen and oxygen atoms in total. The number of hydrogen-bond acceptors (Lipinski definition) is 3. The van der Waals surface area contributed by atoms with Crippen molar-refractivity contribution in [3.8, 4) is 0 Å². The number of halogens is 1. The summed E-state index contributed by atoms with van der Waals surface area (Å²) < 4.78 is 27.9. The highest BCUT2D eigenvalue weighted by Crippen LogP contribution is 2.65. The van der Waals surface area contributed by atoms with Gasteiger partial charge in [-0.3, -0.25) is 4.79 Å². The van der Waals surface area contributed by atoms with Crippen LogP contribution in [0.15, 0.2) is 27.6 Å². The molecule has 3 atom stereocenters. The number of rotatable bonds is 4. The molecule has 3 fully saturated rings. The Labute approximate surface area is 176 Å². The van der Waals surface area contributed by atoms with Gasteiger partial charge in [0.05, 0.1) is 10.5 Å². The Hall–Kier alpha value is -0.920. The fraction of sp³-hybridized carbons (Fsp3) is 0.667. The van der Waals surface area contributed by atoms with Crippen LogP contribution in [0.3, 0.4) is 0 Å². The summed E-state index contributed by atoms with van der Waals surface area (Å²) in [7, 11) is -3.55. The highest BCUT2D eigenvalue weighted by molar-refractivity contribution is 9.10. The van der Waals surface area contributed by atoms with Gasteiger partial charge in [-0.1, -0.05) is 20.8 Å². The zero-order chi connectivity index (χ0) is 20.3. The molecule has 3 unspecified atom stereocenters. The second kappa shape index (κ2) is 6.81. The molecule has 1 N–H and O–H groups in total. The summed E-state index contributed by atoms with van der Waals surface area (Å²) in [5.74, 6) is 0.438. The van der Waals surface area contributed by atoms with E-state index >= 15 is 0 Å². The van der Waals surface area contributed by atoms with Crippen molar-refractivity contribution in [2.45, 2.75) is 63.8 Å². The average Bonchev–Trinajstić information content (AvgIpc) is 3.29. The van der Waals surface area contributed by atoms with E-state index in [0.29, 0.717) is 29.0 Å². The summed E-state index contributed by atoms with van der Waals surface area (Å²) in [6.45, 7) is 8.02. The molecule has 0 aromatic heterocycles. The van der Waals surface area contributed by atoms with Gasteiger partial charge in [-0.2, -0.15) is 4.31 Å². The van der Waals surface area contributed by atoms with Gasteiger partial charge in [0.25, 0.3) is 5.91 Å². The SMILES string of the molecule is CC1(C)C2CCC1(C)C(NC(=O)c1cc(S(=O)(=O)N3CCCC3)ccc1Br)C2. The minimum Gasteiger partial charge on any atom is -0.349 e. The fourth-order valence-corrected chi connectivity index (χ4v) is 7.54. The monoisotopic (exact) mass is 468 g/mol. The number of nitrogens with one attached hydrogen (secondary N) is 1. The van der Waals surface area contributed by atoms with Gasteiger partial charge in [0.15, 0.2) is 0 Å². The van der Waals surface area contributed by atoms with Crippen molar-refractivity contribution in [2.75, 3.05) is 13.1 Å². The second-order valence-corrected chi connectivity index (χ2v) is 12.2. The van der Waals surface area contributed by atoms with Gasteiger partial charge in [-0.15, -0.1) is 0 Å². The van der Waals surface area contributed by atoms with Crippen molar-refractivity contribution in [1.29, 1.82) is 0 Å². The molecule has 0 radical (unpaired) electrons. The predicted molar refractivity (Wildman–Crippen MR) is 113 cm³/mol. The molecule has 2 bridgehead atoms. The number of sulfonamides is 1. The van der Waals surface area contributed by atoms with Gasteiger partial charge >= 0.3 is 0 Å². The van der Waals surface area contributed by atoms with Crippen LogP contribution in [0, 0.1) is 16.7 Å². The average molecular weight is 469 g/mol. The molecule has 28 heavy (non-hydrogen) atoms. The minimum atomic E-state index is -3.55. The Bertz CT molecular complexity index is 908. The first-order chi connectivity index (χ1) is 13.1. The Morgan fingerprint density at radius 3 is 2.46 bits per heavy atom. The van der Waals surface area contributed by atoms with Crippen LogP contribution in [-0.4, -0.2) is 37.8 Å². The summed E-state index contributed by atoms with van der Waals surface area (Å²) >= 11 is 3.44. The largest absolute Gasteiger partial charge is 0.349 e. The normalized spacial score (nSPS) is 32.0. The van der Waals surface area contributed by atoms with Crippen LogP contribution in [0.4, 0.5) is 0 Å². The molecule has 2 aliphatic carbocycles. The summed E-state index contributed by atoms with van der Waals surface area (Å²) in [5, 5.41) is 3.23. The molecule has 1 saturated heterocycles. The van der Waals surface area contributed by atoms with E-state index in [1.165, 1.54) is 16.8 Å². The number of amides is 1. The van der Waals surface area contributed by atoms with E-state index in [0.717, 1.165) is 25.7 Å². The first-order valence-corrected chi connectivity index (χ1v) is 12.4. The number of benzene rings is 1. The lowest BCUT2D eigenvalue weighted by Gasteiger charge is -2.39. The van der Waals surface area contributed by atoms with Crippen LogP contribution in [-0.2, 0) is 10.0 Å². The van der Waals surface area contributed by atoms with E-state index in [1.807, 2.05) is 0 Å². The van der Waals surface area contributed by atoms with Gasteiger partial charge < -0.3 is 5.32 Å². The smallest absolute Gasteiger partial charge is 0.252 e. The molecule has 1 amide bonds. The van der Waals surface area contributed by atoms with E-state index in [4.69, 9.17) is 0 Å². The number of hydrogen-bond donors (Lipinski definition) is 1. The topological polar surface area (TPSA) is 66.5 Å². The number of carbonyl (C=O) groups is 1. The van der Waals surface area contributed by atoms with Crippen molar-refractivity contribution in [1.82, 2.24) is 9.62 Å². The van der Waals surface area contributed by atoms with Crippen molar-refractivity contribution < 1.29 is 13.2 Å². The molecule has 1 aromatic rings. The molecule has 7 heteroatoms. The highest BCUT2D eigenvalue weighted by Gasteiger charge is 2.61. The molecule has 1 aromatic carbocycles. The zero-order valence-electron chi connectivity index (χ0n) is 16.8. The maximum absolute atomic E-state index is 13.1. The van der Waals surface area contributed by atoms with Crippen LogP contribution in [0.2, 0.25) is 0 Å². The predicted octanol–water partition coefficient (Wildman–Crippen LogP) is 4.18. The lowest BCUT2D eigenvalue weighted by Crippen LogP contribution is -2.47. The van der Waals surface area contributed by atoms with Gasteiger partial charge in [-0.25, -0.2) is 8.42 Å². The Morgan fingerprint density at radius 1 is 1.21 bits per heavy atom. The molecular weight excluding hydrogens is 440 g/mol. The molecule has 154 valence electrons. The molecule has 1 aliphatic heterocycles. The molecule has 3 aliphatic rings. The Kier molecular flexibility index (Phi) is 4.95. The molecule has 2 saturated carbocycles. The summed E-state index contributed by atoms with van der Waals surface area (Å²) in [5.41, 5.74) is 0.687. The van der Waals surface area contributed by atoms with Crippen LogP contribution < -0.4 is 5.32 Å². The summed E-state index contributed by atoms with van der Waals surface area (Å²) in [4.78, 5) is 13.3. The maximum atomic E-state index is 13.1. The van der Waals surface area contributed by atoms with Gasteiger partial charge in [-0.05, 0) is 83.0 Å².